The Labute approximate surface area is 101 Å². The van der Waals surface area contributed by atoms with Crippen molar-refractivity contribution in [3.8, 4) is 0 Å². The van der Waals surface area contributed by atoms with E-state index in [-0.39, 0.29) is 11.8 Å². The molecule has 3 nitrogen and oxygen atoms in total. The second-order valence-electron chi connectivity index (χ2n) is 4.55. The summed E-state index contributed by atoms with van der Waals surface area (Å²) in [5.74, 6) is -0.110. The molecule has 2 unspecified atom stereocenters. The lowest BCUT2D eigenvalue weighted by Crippen LogP contribution is -2.45. The molecule has 0 bridgehead atoms. The number of amides is 2. The normalized spacial score (nSPS) is 31.2. The van der Waals surface area contributed by atoms with Crippen LogP contribution in [-0.2, 0) is 10.2 Å². The lowest BCUT2D eigenvalue weighted by atomic mass is 9.85. The first-order valence-electron chi connectivity index (χ1n) is 5.21. The Hall–Kier alpha value is -1.16. The maximum absolute atomic E-state index is 11.9. The van der Waals surface area contributed by atoms with E-state index in [1.165, 1.54) is 0 Å². The van der Waals surface area contributed by atoms with Gasteiger partial charge in [0.1, 0.15) is 0 Å². The van der Waals surface area contributed by atoms with Crippen LogP contribution in [0.5, 0.6) is 0 Å². The Morgan fingerprint density at radius 3 is 2.75 bits per heavy atom. The number of nitrogens with one attached hydrogen (secondary N) is 1. The predicted octanol–water partition coefficient (Wildman–Crippen LogP) is 2.00. The van der Waals surface area contributed by atoms with Crippen LogP contribution in [0, 0.1) is 5.92 Å². The third-order valence-corrected chi connectivity index (χ3v) is 4.14. The summed E-state index contributed by atoms with van der Waals surface area (Å²) >= 11 is 3.39. The maximum atomic E-state index is 11.9. The van der Waals surface area contributed by atoms with Crippen LogP contribution in [0.3, 0.4) is 0 Å². The van der Waals surface area contributed by atoms with Crippen molar-refractivity contribution in [1.82, 2.24) is 5.32 Å². The Morgan fingerprint density at radius 2 is 2.12 bits per heavy atom. The highest BCUT2D eigenvalue weighted by molar-refractivity contribution is 9.10. The Bertz CT molecular complexity index is 526. The molecule has 1 heterocycles. The number of hydrogen-bond acceptors (Lipinski definition) is 2. The van der Waals surface area contributed by atoms with Crippen LogP contribution in [0.25, 0.3) is 0 Å². The molecule has 1 aliphatic heterocycles. The topological polar surface area (TPSA) is 46.2 Å². The highest BCUT2D eigenvalue weighted by atomic mass is 79.9. The van der Waals surface area contributed by atoms with Gasteiger partial charge < -0.3 is 0 Å². The fourth-order valence-corrected chi connectivity index (χ4v) is 2.96. The van der Waals surface area contributed by atoms with Crippen LogP contribution in [0.2, 0.25) is 0 Å². The lowest BCUT2D eigenvalue weighted by molar-refractivity contribution is -0.123. The summed E-state index contributed by atoms with van der Waals surface area (Å²) in [4.78, 5) is 23.6. The molecule has 1 N–H and O–H groups in total. The van der Waals surface area contributed by atoms with E-state index in [0.717, 1.165) is 16.5 Å². The van der Waals surface area contributed by atoms with E-state index >= 15 is 0 Å². The first kappa shape index (κ1) is 10.0. The maximum Gasteiger partial charge on any atom is 0.258 e. The van der Waals surface area contributed by atoms with Gasteiger partial charge in [0, 0.05) is 10.0 Å². The summed E-state index contributed by atoms with van der Waals surface area (Å²) in [7, 11) is 0. The van der Waals surface area contributed by atoms with Gasteiger partial charge in [-0.2, -0.15) is 0 Å². The largest absolute Gasteiger partial charge is 0.292 e. The fraction of sp³-hybridized carbons (Fsp3) is 0.333. The number of carbonyl (C=O) groups is 2. The molecule has 2 aliphatic rings. The first-order chi connectivity index (χ1) is 7.55. The van der Waals surface area contributed by atoms with Gasteiger partial charge in [0.25, 0.3) is 5.91 Å². The second kappa shape index (κ2) is 2.94. The molecule has 4 heteroatoms. The number of imide groups is 1. The molecule has 2 amide bonds. The lowest BCUT2D eigenvalue weighted by Gasteiger charge is -2.25. The minimum atomic E-state index is -0.451. The molecule has 1 fully saturated rings. The van der Waals surface area contributed by atoms with E-state index in [2.05, 4.69) is 21.2 Å². The average molecular weight is 280 g/mol. The van der Waals surface area contributed by atoms with E-state index in [1.807, 2.05) is 19.1 Å². The van der Waals surface area contributed by atoms with Crippen molar-refractivity contribution < 1.29 is 9.59 Å². The van der Waals surface area contributed by atoms with Crippen LogP contribution in [-0.4, -0.2) is 11.8 Å². The van der Waals surface area contributed by atoms with Gasteiger partial charge in [0.2, 0.25) is 5.91 Å². The molecule has 0 radical (unpaired) electrons. The Balaban J connectivity index is 2.26. The van der Waals surface area contributed by atoms with Crippen LogP contribution in [0.1, 0.15) is 29.3 Å². The summed E-state index contributed by atoms with van der Waals surface area (Å²) in [6.45, 7) is 2.04. The quantitative estimate of drug-likeness (QED) is 0.739. The smallest absolute Gasteiger partial charge is 0.258 e. The first-order valence-corrected chi connectivity index (χ1v) is 6.01. The van der Waals surface area contributed by atoms with Gasteiger partial charge in [-0.05, 0) is 36.1 Å². The molecule has 1 aliphatic carbocycles. The van der Waals surface area contributed by atoms with Crippen molar-refractivity contribution >= 4 is 27.7 Å². The number of hydrogen-bond donors (Lipinski definition) is 1. The molecule has 16 heavy (non-hydrogen) atoms. The zero-order valence-corrected chi connectivity index (χ0v) is 10.3. The van der Waals surface area contributed by atoms with Gasteiger partial charge in [0.15, 0.2) is 0 Å². The monoisotopic (exact) mass is 279 g/mol. The fourth-order valence-electron chi connectivity index (χ4n) is 2.60. The summed E-state index contributed by atoms with van der Waals surface area (Å²) < 4.78 is 0.909. The molecule has 0 aromatic heterocycles. The Morgan fingerprint density at radius 1 is 1.44 bits per heavy atom. The average Bonchev–Trinajstić information content (AvgIpc) is 2.89. The van der Waals surface area contributed by atoms with Crippen LogP contribution in [0.4, 0.5) is 0 Å². The molecule has 3 rings (SSSR count). The van der Waals surface area contributed by atoms with Gasteiger partial charge >= 0.3 is 0 Å². The van der Waals surface area contributed by atoms with Crippen LogP contribution >= 0.6 is 15.9 Å². The number of benzene rings is 1. The third-order valence-electron chi connectivity index (χ3n) is 3.65. The highest BCUT2D eigenvalue weighted by Gasteiger charge is 2.61. The predicted molar refractivity (Wildman–Crippen MR) is 62.1 cm³/mol. The van der Waals surface area contributed by atoms with Gasteiger partial charge in [-0.3, -0.25) is 14.9 Å². The van der Waals surface area contributed by atoms with E-state index in [9.17, 15) is 9.59 Å². The summed E-state index contributed by atoms with van der Waals surface area (Å²) in [6.07, 6.45) is 0.829. The van der Waals surface area contributed by atoms with Crippen molar-refractivity contribution in [3.63, 3.8) is 0 Å². The molecule has 2 atom stereocenters. The van der Waals surface area contributed by atoms with Crippen molar-refractivity contribution in [2.45, 2.75) is 18.8 Å². The van der Waals surface area contributed by atoms with Gasteiger partial charge in [-0.25, -0.2) is 0 Å². The summed E-state index contributed by atoms with van der Waals surface area (Å²) in [5, 5.41) is 2.44. The van der Waals surface area contributed by atoms with E-state index < -0.39 is 5.41 Å². The van der Waals surface area contributed by atoms with Crippen LogP contribution in [0.15, 0.2) is 22.7 Å². The van der Waals surface area contributed by atoms with Crippen molar-refractivity contribution in [2.75, 3.05) is 0 Å². The van der Waals surface area contributed by atoms with Gasteiger partial charge in [-0.15, -0.1) is 0 Å². The SMILES string of the molecule is CC1CC12C(=O)NC(=O)c1ccc(Br)cc12. The van der Waals surface area contributed by atoms with Gasteiger partial charge in [0.05, 0.1) is 5.41 Å². The summed E-state index contributed by atoms with van der Waals surface area (Å²) in [6, 6.07) is 5.50. The molecule has 1 aromatic rings. The van der Waals surface area contributed by atoms with Gasteiger partial charge in [-0.1, -0.05) is 22.9 Å². The molecular formula is C12H10BrNO2. The molecule has 0 saturated heterocycles. The second-order valence-corrected chi connectivity index (χ2v) is 5.47. The van der Waals surface area contributed by atoms with E-state index in [0.29, 0.717) is 11.5 Å². The van der Waals surface area contributed by atoms with Crippen LogP contribution < -0.4 is 5.32 Å². The number of rotatable bonds is 0. The molecular weight excluding hydrogens is 270 g/mol. The zero-order chi connectivity index (χ0) is 11.5. The van der Waals surface area contributed by atoms with E-state index in [4.69, 9.17) is 0 Å². The molecule has 1 aromatic carbocycles. The molecule has 1 spiro atoms. The zero-order valence-electron chi connectivity index (χ0n) is 8.71. The minimum absolute atomic E-state index is 0.143. The third kappa shape index (κ3) is 1.08. The Kier molecular flexibility index (Phi) is 1.84. The van der Waals surface area contributed by atoms with Crippen molar-refractivity contribution in [2.24, 2.45) is 5.92 Å². The van der Waals surface area contributed by atoms with Crippen molar-refractivity contribution in [1.29, 1.82) is 0 Å². The highest BCUT2D eigenvalue weighted by Crippen LogP contribution is 2.56. The van der Waals surface area contributed by atoms with Crippen molar-refractivity contribution in [3.05, 3.63) is 33.8 Å². The standard InChI is InChI=1S/C12H10BrNO2/c1-6-5-12(6)9-4-7(13)2-3-8(9)10(15)14-11(12)16/h2-4,6H,5H2,1H3,(H,14,15,16). The molecule has 82 valence electrons. The number of fused-ring (bicyclic) bond motifs is 2. The number of halogens is 1. The molecule has 1 saturated carbocycles. The number of carbonyl (C=O) groups excluding carboxylic acids is 2. The van der Waals surface area contributed by atoms with E-state index in [1.54, 1.807) is 6.07 Å². The summed E-state index contributed by atoms with van der Waals surface area (Å²) in [5.41, 5.74) is 1.06. The minimum Gasteiger partial charge on any atom is -0.292 e.